The van der Waals surface area contributed by atoms with Gasteiger partial charge in [0.05, 0.1) is 16.1 Å². The molecule has 1 N–H and O–H groups in total. The standard InChI is InChI=1S/C17H17Cl2N3O4/c18-13-4-3-11(8-14(13)19)17(24)22(9-12-2-1-6-25-12)10-16(23)20-15-5-7-26-21-15/h3-5,7-8,12H,1-2,6,9-10H2,(H,20,21,23). The first kappa shape index (κ1) is 18.7. The van der Waals surface area contributed by atoms with E-state index in [1.165, 1.54) is 23.3 Å². The van der Waals surface area contributed by atoms with Gasteiger partial charge < -0.3 is 19.5 Å². The van der Waals surface area contributed by atoms with Crippen LogP contribution in [0.1, 0.15) is 23.2 Å². The summed E-state index contributed by atoms with van der Waals surface area (Å²) in [5.74, 6) is -0.422. The van der Waals surface area contributed by atoms with Gasteiger partial charge in [-0.25, -0.2) is 0 Å². The molecule has 1 aliphatic rings. The van der Waals surface area contributed by atoms with Crippen molar-refractivity contribution in [2.75, 3.05) is 25.0 Å². The number of halogens is 2. The fourth-order valence-electron chi connectivity index (χ4n) is 2.70. The molecule has 0 saturated carbocycles. The van der Waals surface area contributed by atoms with Gasteiger partial charge in [0.25, 0.3) is 5.91 Å². The van der Waals surface area contributed by atoms with Crippen molar-refractivity contribution in [1.82, 2.24) is 10.1 Å². The summed E-state index contributed by atoms with van der Waals surface area (Å²) in [6.45, 7) is 0.821. The number of hydrogen-bond donors (Lipinski definition) is 1. The normalized spacial score (nSPS) is 16.5. The van der Waals surface area contributed by atoms with Crippen LogP contribution >= 0.6 is 23.2 Å². The maximum atomic E-state index is 12.9. The van der Waals surface area contributed by atoms with Gasteiger partial charge in [-0.3, -0.25) is 9.59 Å². The Balaban J connectivity index is 1.73. The first-order valence-corrected chi connectivity index (χ1v) is 8.84. The molecule has 0 bridgehead atoms. The minimum absolute atomic E-state index is 0.0958. The number of nitrogens with one attached hydrogen (secondary N) is 1. The van der Waals surface area contributed by atoms with Crippen molar-refractivity contribution in [2.45, 2.75) is 18.9 Å². The van der Waals surface area contributed by atoms with Crippen LogP contribution in [0.4, 0.5) is 5.82 Å². The molecule has 1 aromatic heterocycles. The van der Waals surface area contributed by atoms with Crippen LogP contribution in [-0.4, -0.2) is 47.7 Å². The predicted molar refractivity (Wildman–Crippen MR) is 96.5 cm³/mol. The van der Waals surface area contributed by atoms with Gasteiger partial charge in [0.15, 0.2) is 5.82 Å². The van der Waals surface area contributed by atoms with E-state index in [1.54, 1.807) is 12.1 Å². The SMILES string of the molecule is O=C(CN(CC1CCCO1)C(=O)c1ccc(Cl)c(Cl)c1)Nc1ccon1. The molecule has 3 rings (SSSR count). The van der Waals surface area contributed by atoms with Gasteiger partial charge >= 0.3 is 0 Å². The molecular weight excluding hydrogens is 381 g/mol. The summed E-state index contributed by atoms with van der Waals surface area (Å²) in [5, 5.41) is 6.84. The predicted octanol–water partition coefficient (Wildman–Crippen LogP) is 3.24. The van der Waals surface area contributed by atoms with E-state index in [-0.39, 0.29) is 35.3 Å². The van der Waals surface area contributed by atoms with Crippen LogP contribution in [0.5, 0.6) is 0 Å². The molecule has 1 saturated heterocycles. The second-order valence-corrected chi connectivity index (χ2v) is 6.70. The largest absolute Gasteiger partial charge is 0.376 e. The lowest BCUT2D eigenvalue weighted by Gasteiger charge is -2.25. The summed E-state index contributed by atoms with van der Waals surface area (Å²) < 4.78 is 10.3. The second-order valence-electron chi connectivity index (χ2n) is 5.88. The lowest BCUT2D eigenvalue weighted by molar-refractivity contribution is -0.117. The molecule has 2 amide bonds. The van der Waals surface area contributed by atoms with Crippen LogP contribution in [0.15, 0.2) is 35.1 Å². The number of ether oxygens (including phenoxy) is 1. The smallest absolute Gasteiger partial charge is 0.254 e. The number of carbonyl (C=O) groups is 2. The van der Waals surface area contributed by atoms with Crippen LogP contribution in [0.2, 0.25) is 10.0 Å². The summed E-state index contributed by atoms with van der Waals surface area (Å²) in [6, 6.07) is 6.14. The maximum Gasteiger partial charge on any atom is 0.254 e. The summed E-state index contributed by atoms with van der Waals surface area (Å²) in [5.41, 5.74) is 0.353. The molecule has 138 valence electrons. The number of benzene rings is 1. The van der Waals surface area contributed by atoms with E-state index in [4.69, 9.17) is 27.9 Å². The van der Waals surface area contributed by atoms with Crippen molar-refractivity contribution in [1.29, 1.82) is 0 Å². The average molecular weight is 398 g/mol. The number of amides is 2. The van der Waals surface area contributed by atoms with E-state index < -0.39 is 0 Å². The molecule has 1 aliphatic heterocycles. The lowest BCUT2D eigenvalue weighted by Crippen LogP contribution is -2.42. The molecule has 2 heterocycles. The van der Waals surface area contributed by atoms with Crippen LogP contribution < -0.4 is 5.32 Å². The topological polar surface area (TPSA) is 84.7 Å². The van der Waals surface area contributed by atoms with Gasteiger partial charge in [-0.1, -0.05) is 28.4 Å². The zero-order valence-electron chi connectivity index (χ0n) is 13.8. The number of aromatic nitrogens is 1. The van der Waals surface area contributed by atoms with Gasteiger partial charge in [-0.2, -0.15) is 0 Å². The average Bonchev–Trinajstić information content (AvgIpc) is 3.30. The third-order valence-corrected chi connectivity index (χ3v) is 4.68. The minimum Gasteiger partial charge on any atom is -0.376 e. The van der Waals surface area contributed by atoms with E-state index >= 15 is 0 Å². The Morgan fingerprint density at radius 1 is 1.27 bits per heavy atom. The Kier molecular flexibility index (Phi) is 6.13. The number of nitrogens with zero attached hydrogens (tertiary/aromatic N) is 2. The van der Waals surface area contributed by atoms with E-state index in [0.717, 1.165) is 12.8 Å². The van der Waals surface area contributed by atoms with Crippen LogP contribution in [0.3, 0.4) is 0 Å². The molecule has 1 unspecified atom stereocenters. The number of anilines is 1. The Hall–Kier alpha value is -2.09. The molecule has 1 aromatic carbocycles. The van der Waals surface area contributed by atoms with E-state index in [1.807, 2.05) is 0 Å². The molecule has 0 aliphatic carbocycles. The summed E-state index contributed by atoms with van der Waals surface area (Å²) in [7, 11) is 0. The molecule has 0 spiro atoms. The van der Waals surface area contributed by atoms with Crippen molar-refractivity contribution in [3.05, 3.63) is 46.1 Å². The molecule has 1 atom stereocenters. The number of carbonyl (C=O) groups excluding carboxylic acids is 2. The Labute approximate surface area is 160 Å². The van der Waals surface area contributed by atoms with Gasteiger partial charge in [0.1, 0.15) is 12.8 Å². The Morgan fingerprint density at radius 2 is 2.12 bits per heavy atom. The zero-order chi connectivity index (χ0) is 18.5. The van der Waals surface area contributed by atoms with Gasteiger partial charge in [0, 0.05) is 24.8 Å². The molecule has 26 heavy (non-hydrogen) atoms. The third kappa shape index (κ3) is 4.75. The van der Waals surface area contributed by atoms with Crippen molar-refractivity contribution in [2.24, 2.45) is 0 Å². The fourth-order valence-corrected chi connectivity index (χ4v) is 3.00. The highest BCUT2D eigenvalue weighted by Gasteiger charge is 2.25. The van der Waals surface area contributed by atoms with Crippen molar-refractivity contribution < 1.29 is 18.8 Å². The van der Waals surface area contributed by atoms with Crippen LogP contribution in [0, 0.1) is 0 Å². The van der Waals surface area contributed by atoms with Crippen molar-refractivity contribution in [3.8, 4) is 0 Å². The monoisotopic (exact) mass is 397 g/mol. The zero-order valence-corrected chi connectivity index (χ0v) is 15.3. The quantitative estimate of drug-likeness (QED) is 0.808. The van der Waals surface area contributed by atoms with Gasteiger partial charge in [-0.15, -0.1) is 0 Å². The minimum atomic E-state index is -0.384. The Bertz CT molecular complexity index is 776. The summed E-state index contributed by atoms with van der Waals surface area (Å²) >= 11 is 11.9. The van der Waals surface area contributed by atoms with E-state index in [9.17, 15) is 9.59 Å². The molecule has 2 aromatic rings. The molecular formula is C17H17Cl2N3O4. The molecule has 9 heteroatoms. The van der Waals surface area contributed by atoms with Gasteiger partial charge in [0.2, 0.25) is 5.91 Å². The molecule has 1 fully saturated rings. The molecule has 0 radical (unpaired) electrons. The molecule has 7 nitrogen and oxygen atoms in total. The second kappa shape index (κ2) is 8.53. The van der Waals surface area contributed by atoms with Crippen molar-refractivity contribution >= 4 is 40.8 Å². The van der Waals surface area contributed by atoms with E-state index in [0.29, 0.717) is 23.7 Å². The van der Waals surface area contributed by atoms with Crippen LogP contribution in [0.25, 0.3) is 0 Å². The number of hydrogen-bond acceptors (Lipinski definition) is 5. The summed E-state index contributed by atoms with van der Waals surface area (Å²) in [6.07, 6.45) is 3.03. The number of rotatable bonds is 6. The van der Waals surface area contributed by atoms with Crippen molar-refractivity contribution in [3.63, 3.8) is 0 Å². The van der Waals surface area contributed by atoms with Crippen LogP contribution in [-0.2, 0) is 9.53 Å². The highest BCUT2D eigenvalue weighted by atomic mass is 35.5. The Morgan fingerprint density at radius 3 is 2.77 bits per heavy atom. The van der Waals surface area contributed by atoms with Gasteiger partial charge in [-0.05, 0) is 31.0 Å². The highest BCUT2D eigenvalue weighted by molar-refractivity contribution is 6.42. The summed E-state index contributed by atoms with van der Waals surface area (Å²) in [4.78, 5) is 26.6. The third-order valence-electron chi connectivity index (χ3n) is 3.94. The fraction of sp³-hybridized carbons (Fsp3) is 0.353. The lowest BCUT2D eigenvalue weighted by atomic mass is 10.1. The van der Waals surface area contributed by atoms with E-state index in [2.05, 4.69) is 15.0 Å². The maximum absolute atomic E-state index is 12.9. The first-order chi connectivity index (χ1) is 12.5. The highest BCUT2D eigenvalue weighted by Crippen LogP contribution is 2.24. The first-order valence-electron chi connectivity index (χ1n) is 8.09.